The van der Waals surface area contributed by atoms with Crippen LogP contribution in [0.1, 0.15) is 31.6 Å². The molecule has 162 valence electrons. The fourth-order valence-electron chi connectivity index (χ4n) is 4.63. The molecule has 0 bridgehead atoms. The maximum Gasteiger partial charge on any atom is 0.228 e. The monoisotopic (exact) mass is 421 g/mol. The van der Waals surface area contributed by atoms with Crippen molar-refractivity contribution in [3.05, 3.63) is 36.4 Å². The molecule has 3 heterocycles. The lowest BCUT2D eigenvalue weighted by Gasteiger charge is -2.38. The fraction of sp³-hybridized carbons (Fsp3) is 0.478. The van der Waals surface area contributed by atoms with Crippen molar-refractivity contribution < 1.29 is 13.9 Å². The van der Waals surface area contributed by atoms with Gasteiger partial charge in [-0.3, -0.25) is 9.69 Å². The standard InChI is InChI=1S/C23H27N5O3/c1-15-24-14-21(31-15)17-4-7-20-18(12-17)13-22(27-26-20)25-23(29)16-2-5-19(6-3-16)28-8-10-30-11-9-28/h4,7,12-14,16,19H,2-3,5-6,8-11H2,1H3,(H,25,27,29)/t16-,19-. The van der Waals surface area contributed by atoms with Crippen LogP contribution in [-0.2, 0) is 9.53 Å². The maximum atomic E-state index is 12.8. The highest BCUT2D eigenvalue weighted by Gasteiger charge is 2.30. The summed E-state index contributed by atoms with van der Waals surface area (Å²) < 4.78 is 11.1. The quantitative estimate of drug-likeness (QED) is 0.690. The molecule has 1 N–H and O–H groups in total. The number of hydrogen-bond acceptors (Lipinski definition) is 7. The van der Waals surface area contributed by atoms with Gasteiger partial charge in [0, 0.05) is 42.9 Å². The Morgan fingerprint density at radius 2 is 1.90 bits per heavy atom. The van der Waals surface area contributed by atoms with Crippen LogP contribution in [0.25, 0.3) is 22.2 Å². The molecule has 8 nitrogen and oxygen atoms in total. The first kappa shape index (κ1) is 20.1. The first-order chi connectivity index (χ1) is 15.2. The third kappa shape index (κ3) is 4.45. The minimum atomic E-state index is 0.0262. The molecule has 1 aliphatic heterocycles. The summed E-state index contributed by atoms with van der Waals surface area (Å²) >= 11 is 0. The van der Waals surface area contributed by atoms with Gasteiger partial charge in [-0.1, -0.05) is 0 Å². The molecule has 5 rings (SSSR count). The summed E-state index contributed by atoms with van der Waals surface area (Å²) in [6.07, 6.45) is 5.64. The van der Waals surface area contributed by atoms with Crippen molar-refractivity contribution in [2.24, 2.45) is 5.92 Å². The van der Waals surface area contributed by atoms with Crippen LogP contribution < -0.4 is 5.32 Å². The second-order valence-electron chi connectivity index (χ2n) is 8.39. The van der Waals surface area contributed by atoms with E-state index >= 15 is 0 Å². The van der Waals surface area contributed by atoms with E-state index in [-0.39, 0.29) is 11.8 Å². The van der Waals surface area contributed by atoms with Crippen LogP contribution in [0.5, 0.6) is 0 Å². The van der Waals surface area contributed by atoms with Gasteiger partial charge in [-0.15, -0.1) is 10.2 Å². The summed E-state index contributed by atoms with van der Waals surface area (Å²) in [5.74, 6) is 1.88. The molecule has 2 aliphatic rings. The van der Waals surface area contributed by atoms with Gasteiger partial charge in [-0.2, -0.15) is 0 Å². The van der Waals surface area contributed by atoms with E-state index in [1.54, 1.807) is 6.20 Å². The molecule has 31 heavy (non-hydrogen) atoms. The zero-order chi connectivity index (χ0) is 21.2. The number of nitrogens with zero attached hydrogens (tertiary/aromatic N) is 4. The number of oxazole rings is 1. The summed E-state index contributed by atoms with van der Waals surface area (Å²) in [5.41, 5.74) is 1.68. The lowest BCUT2D eigenvalue weighted by atomic mass is 9.84. The Labute approximate surface area is 181 Å². The Balaban J connectivity index is 1.24. The van der Waals surface area contributed by atoms with Crippen molar-refractivity contribution in [1.82, 2.24) is 20.1 Å². The predicted molar refractivity (Wildman–Crippen MR) is 117 cm³/mol. The van der Waals surface area contributed by atoms with Crippen molar-refractivity contribution in [2.75, 3.05) is 31.6 Å². The number of ether oxygens (including phenoxy) is 1. The molecule has 2 fully saturated rings. The van der Waals surface area contributed by atoms with E-state index in [0.717, 1.165) is 68.5 Å². The molecule has 1 aliphatic carbocycles. The van der Waals surface area contributed by atoms with Crippen molar-refractivity contribution in [3.63, 3.8) is 0 Å². The second-order valence-corrected chi connectivity index (χ2v) is 8.39. The molecule has 1 saturated heterocycles. The van der Waals surface area contributed by atoms with Gasteiger partial charge in [0.05, 0.1) is 24.9 Å². The number of aryl methyl sites for hydroxylation is 1. The summed E-state index contributed by atoms with van der Waals surface area (Å²) in [6.45, 7) is 5.46. The molecule has 8 heteroatoms. The Kier molecular flexibility index (Phi) is 5.65. The molecule has 2 aromatic heterocycles. The second kappa shape index (κ2) is 8.72. The number of nitrogens with one attached hydrogen (secondary N) is 1. The summed E-state index contributed by atoms with van der Waals surface area (Å²) in [7, 11) is 0. The topological polar surface area (TPSA) is 93.4 Å². The van der Waals surface area contributed by atoms with E-state index in [9.17, 15) is 4.79 Å². The largest absolute Gasteiger partial charge is 0.441 e. The predicted octanol–water partition coefficient (Wildman–Crippen LogP) is 3.42. The van der Waals surface area contributed by atoms with E-state index in [4.69, 9.17) is 9.15 Å². The van der Waals surface area contributed by atoms with Crippen LogP contribution in [0.4, 0.5) is 5.82 Å². The highest BCUT2D eigenvalue weighted by molar-refractivity contribution is 5.94. The highest BCUT2D eigenvalue weighted by Crippen LogP contribution is 2.29. The molecule has 1 aromatic carbocycles. The third-order valence-corrected chi connectivity index (χ3v) is 6.37. The molecule has 0 radical (unpaired) electrons. The number of morpholine rings is 1. The van der Waals surface area contributed by atoms with Gasteiger partial charge in [0.25, 0.3) is 0 Å². The fourth-order valence-corrected chi connectivity index (χ4v) is 4.63. The minimum absolute atomic E-state index is 0.0262. The van der Waals surface area contributed by atoms with E-state index in [1.165, 1.54) is 0 Å². The van der Waals surface area contributed by atoms with E-state index in [2.05, 4.69) is 25.4 Å². The molecule has 0 atom stereocenters. The summed E-state index contributed by atoms with van der Waals surface area (Å²) in [4.78, 5) is 19.5. The van der Waals surface area contributed by atoms with E-state index < -0.39 is 0 Å². The molecular formula is C23H27N5O3. The lowest BCUT2D eigenvalue weighted by molar-refractivity contribution is -0.121. The van der Waals surface area contributed by atoms with Crippen molar-refractivity contribution in [1.29, 1.82) is 0 Å². The van der Waals surface area contributed by atoms with Gasteiger partial charge >= 0.3 is 0 Å². The van der Waals surface area contributed by atoms with Crippen LogP contribution in [-0.4, -0.2) is 58.3 Å². The maximum absolute atomic E-state index is 12.8. The smallest absolute Gasteiger partial charge is 0.228 e. The van der Waals surface area contributed by atoms with Crippen molar-refractivity contribution >= 4 is 22.6 Å². The normalized spacial score (nSPS) is 22.5. The zero-order valence-corrected chi connectivity index (χ0v) is 17.7. The van der Waals surface area contributed by atoms with Crippen LogP contribution in [0.15, 0.2) is 34.9 Å². The van der Waals surface area contributed by atoms with Crippen LogP contribution in [0.3, 0.4) is 0 Å². The minimum Gasteiger partial charge on any atom is -0.441 e. The SMILES string of the molecule is Cc1ncc(-c2ccc3nnc(NC(=O)[C@H]4CC[C@H](N5CCOCC5)CC4)cc3c2)o1. The van der Waals surface area contributed by atoms with Crippen LogP contribution in [0.2, 0.25) is 0 Å². The summed E-state index contributed by atoms with van der Waals surface area (Å²) in [5, 5.41) is 12.3. The number of carbonyl (C=O) groups excluding carboxylic acids is 1. The molecule has 3 aromatic rings. The molecule has 0 spiro atoms. The van der Waals surface area contributed by atoms with Crippen molar-refractivity contribution in [3.8, 4) is 11.3 Å². The number of benzene rings is 1. The third-order valence-electron chi connectivity index (χ3n) is 6.37. The summed E-state index contributed by atoms with van der Waals surface area (Å²) in [6, 6.07) is 8.25. The number of hydrogen-bond donors (Lipinski definition) is 1. The Morgan fingerprint density at radius 3 is 2.65 bits per heavy atom. The number of carbonyl (C=O) groups is 1. The van der Waals surface area contributed by atoms with Crippen molar-refractivity contribution in [2.45, 2.75) is 38.6 Å². The number of fused-ring (bicyclic) bond motifs is 1. The average Bonchev–Trinajstić information content (AvgIpc) is 3.25. The van der Waals surface area contributed by atoms with Crippen LogP contribution in [0, 0.1) is 12.8 Å². The number of rotatable bonds is 4. The van der Waals surface area contributed by atoms with Gasteiger partial charge < -0.3 is 14.5 Å². The molecule has 1 amide bonds. The number of aromatic nitrogens is 3. The van der Waals surface area contributed by atoms with Crippen LogP contribution >= 0.6 is 0 Å². The van der Waals surface area contributed by atoms with Gasteiger partial charge in [0.1, 0.15) is 0 Å². The number of amides is 1. The highest BCUT2D eigenvalue weighted by atomic mass is 16.5. The first-order valence-electron chi connectivity index (χ1n) is 11.0. The molecule has 1 saturated carbocycles. The van der Waals surface area contributed by atoms with E-state index in [0.29, 0.717) is 23.5 Å². The zero-order valence-electron chi connectivity index (χ0n) is 17.7. The Bertz CT molecular complexity index is 1070. The van der Waals surface area contributed by atoms with Gasteiger partial charge in [0.2, 0.25) is 5.91 Å². The van der Waals surface area contributed by atoms with Gasteiger partial charge in [-0.05, 0) is 49.9 Å². The van der Waals surface area contributed by atoms with E-state index in [1.807, 2.05) is 31.2 Å². The molecule has 0 unspecified atom stereocenters. The molecular weight excluding hydrogens is 394 g/mol. The Hall–Kier alpha value is -2.84. The number of anilines is 1. The van der Waals surface area contributed by atoms with Gasteiger partial charge in [-0.25, -0.2) is 4.98 Å². The first-order valence-corrected chi connectivity index (χ1v) is 11.0. The van der Waals surface area contributed by atoms with Gasteiger partial charge in [0.15, 0.2) is 17.5 Å². The average molecular weight is 422 g/mol. The Morgan fingerprint density at radius 1 is 1.10 bits per heavy atom. The lowest BCUT2D eigenvalue weighted by Crippen LogP contribution is -2.45.